The van der Waals surface area contributed by atoms with Gasteiger partial charge in [-0.1, -0.05) is 12.8 Å². The van der Waals surface area contributed by atoms with Gasteiger partial charge in [0.25, 0.3) is 0 Å². The number of ketones is 1. The lowest BCUT2D eigenvalue weighted by atomic mass is 9.79. The minimum absolute atomic E-state index is 0.0289. The van der Waals surface area contributed by atoms with Crippen LogP contribution in [0.5, 0.6) is 0 Å². The molecule has 3 aliphatic rings. The van der Waals surface area contributed by atoms with Gasteiger partial charge >= 0.3 is 0 Å². The number of nitrogens with zero attached hydrogens (tertiary/aromatic N) is 4. The summed E-state index contributed by atoms with van der Waals surface area (Å²) in [7, 11) is 0. The highest BCUT2D eigenvalue weighted by Gasteiger charge is 2.34. The molecule has 6 rings (SSSR count). The summed E-state index contributed by atoms with van der Waals surface area (Å²) in [6.45, 7) is 0. The number of carbonyl (C=O) groups is 1. The summed E-state index contributed by atoms with van der Waals surface area (Å²) in [5.41, 5.74) is 1.35. The summed E-state index contributed by atoms with van der Waals surface area (Å²) in [6.07, 6.45) is 12.2. The maximum atomic E-state index is 14.6. The van der Waals surface area contributed by atoms with Crippen LogP contribution in [0.15, 0.2) is 24.4 Å². The highest BCUT2D eigenvalue weighted by atomic mass is 19.1. The Kier molecular flexibility index (Phi) is 7.47. The van der Waals surface area contributed by atoms with Crippen molar-refractivity contribution in [1.29, 1.82) is 0 Å². The minimum Gasteiger partial charge on any atom is -0.393 e. The zero-order valence-electron chi connectivity index (χ0n) is 22.1. The largest absolute Gasteiger partial charge is 0.393 e. The van der Waals surface area contributed by atoms with Crippen molar-refractivity contribution >= 4 is 34.5 Å². The van der Waals surface area contributed by atoms with Gasteiger partial charge in [-0.15, -0.1) is 0 Å². The molecule has 0 aliphatic heterocycles. The molecule has 8 nitrogen and oxygen atoms in total. The number of hydrogen-bond acceptors (Lipinski definition) is 7. The molecule has 2 heterocycles. The van der Waals surface area contributed by atoms with Gasteiger partial charge in [0.05, 0.1) is 18.0 Å². The van der Waals surface area contributed by atoms with Crippen molar-refractivity contribution < 1.29 is 18.7 Å². The van der Waals surface area contributed by atoms with E-state index in [1.807, 2.05) is 4.57 Å². The lowest BCUT2D eigenvalue weighted by Gasteiger charge is -2.31. The van der Waals surface area contributed by atoms with Gasteiger partial charge in [-0.2, -0.15) is 4.98 Å². The SMILES string of the molecule is O=C(C1CCCC1)[C@H]1CC[C@@H](n2c(Nc3ccc(F)cc3F)nc3cnc(N[C@H]4CC[C@H](O)CC4)nc32)CC1. The van der Waals surface area contributed by atoms with E-state index in [1.165, 1.54) is 12.1 Å². The van der Waals surface area contributed by atoms with E-state index in [-0.39, 0.29) is 35.7 Å². The molecule has 208 valence electrons. The van der Waals surface area contributed by atoms with Gasteiger partial charge in [-0.3, -0.25) is 9.36 Å². The summed E-state index contributed by atoms with van der Waals surface area (Å²) in [4.78, 5) is 27.1. The Labute approximate surface area is 226 Å². The van der Waals surface area contributed by atoms with Crippen molar-refractivity contribution in [3.8, 4) is 0 Å². The van der Waals surface area contributed by atoms with Gasteiger partial charge in [-0.25, -0.2) is 18.7 Å². The van der Waals surface area contributed by atoms with E-state index in [4.69, 9.17) is 9.97 Å². The van der Waals surface area contributed by atoms with Gasteiger partial charge in [0, 0.05) is 30.0 Å². The lowest BCUT2D eigenvalue weighted by molar-refractivity contribution is -0.127. The van der Waals surface area contributed by atoms with E-state index in [2.05, 4.69) is 15.6 Å². The van der Waals surface area contributed by atoms with E-state index in [1.54, 1.807) is 6.20 Å². The van der Waals surface area contributed by atoms with Crippen LogP contribution in [0, 0.1) is 23.5 Å². The molecule has 0 atom stereocenters. The standard InChI is InChI=1S/C29H36F2N6O2/c30-19-7-14-24(23(31)15-19)34-29-35-25-16-32-28(33-20-8-12-22(38)13-9-20)36-27(25)37(29)21-10-5-18(6-11-21)26(39)17-3-1-2-4-17/h7,14-18,20-22,38H,1-6,8-13H2,(H,34,35)(H,32,33,36)/t18-,20-,21+,22-. The maximum absolute atomic E-state index is 14.6. The smallest absolute Gasteiger partial charge is 0.224 e. The topological polar surface area (TPSA) is 105 Å². The van der Waals surface area contributed by atoms with Crippen LogP contribution in [0.4, 0.5) is 26.4 Å². The zero-order chi connectivity index (χ0) is 26.9. The number of imidazole rings is 1. The summed E-state index contributed by atoms with van der Waals surface area (Å²) < 4.78 is 30.1. The van der Waals surface area contributed by atoms with Gasteiger partial charge in [-0.05, 0) is 76.3 Å². The zero-order valence-corrected chi connectivity index (χ0v) is 22.1. The van der Waals surface area contributed by atoms with Crippen molar-refractivity contribution in [3.05, 3.63) is 36.0 Å². The predicted octanol–water partition coefficient (Wildman–Crippen LogP) is 6.05. The number of aromatic nitrogens is 4. The Morgan fingerprint density at radius 1 is 0.923 bits per heavy atom. The molecule has 3 saturated carbocycles. The molecular weight excluding hydrogens is 502 g/mol. The first-order chi connectivity index (χ1) is 18.9. The number of Topliss-reactive ketones (excluding diaryl/α,β-unsaturated/α-hetero) is 1. The van der Waals surface area contributed by atoms with Crippen LogP contribution in [0.1, 0.15) is 83.1 Å². The number of carbonyl (C=O) groups excluding carboxylic acids is 1. The summed E-state index contributed by atoms with van der Waals surface area (Å²) in [6, 6.07) is 3.63. The Morgan fingerprint density at radius 2 is 1.64 bits per heavy atom. The van der Waals surface area contributed by atoms with Gasteiger partial charge < -0.3 is 15.7 Å². The monoisotopic (exact) mass is 538 g/mol. The fraction of sp³-hybridized carbons (Fsp3) is 0.586. The van der Waals surface area contributed by atoms with E-state index >= 15 is 0 Å². The van der Waals surface area contributed by atoms with Gasteiger partial charge in [0.1, 0.15) is 22.9 Å². The summed E-state index contributed by atoms with van der Waals surface area (Å²) in [5.74, 6) is 0.323. The molecule has 3 aliphatic carbocycles. The first-order valence-electron chi connectivity index (χ1n) is 14.4. The molecule has 3 fully saturated rings. The molecule has 0 radical (unpaired) electrons. The van der Waals surface area contributed by atoms with Crippen LogP contribution in [-0.2, 0) is 4.79 Å². The summed E-state index contributed by atoms with van der Waals surface area (Å²) in [5, 5.41) is 16.3. The summed E-state index contributed by atoms with van der Waals surface area (Å²) >= 11 is 0. The van der Waals surface area contributed by atoms with Crippen LogP contribution in [0.25, 0.3) is 11.2 Å². The van der Waals surface area contributed by atoms with E-state index in [9.17, 15) is 18.7 Å². The molecule has 3 aromatic rings. The molecule has 0 amide bonds. The van der Waals surface area contributed by atoms with E-state index < -0.39 is 11.6 Å². The fourth-order valence-corrected chi connectivity index (χ4v) is 6.67. The average Bonchev–Trinajstić information content (AvgIpc) is 3.60. The quantitative estimate of drug-likeness (QED) is 0.336. The molecule has 0 spiro atoms. The second kappa shape index (κ2) is 11.2. The number of halogens is 2. The van der Waals surface area contributed by atoms with Gasteiger partial charge in [0.15, 0.2) is 5.65 Å². The van der Waals surface area contributed by atoms with Crippen molar-refractivity contribution in [1.82, 2.24) is 19.5 Å². The normalized spacial score (nSPS) is 26.1. The molecule has 0 saturated heterocycles. The second-order valence-corrected chi connectivity index (χ2v) is 11.5. The number of fused-ring (bicyclic) bond motifs is 1. The average molecular weight is 539 g/mol. The third kappa shape index (κ3) is 5.62. The molecule has 0 bridgehead atoms. The number of benzene rings is 1. The fourth-order valence-electron chi connectivity index (χ4n) is 6.67. The van der Waals surface area contributed by atoms with Crippen molar-refractivity contribution in [2.45, 2.75) is 95.2 Å². The van der Waals surface area contributed by atoms with E-state index in [0.29, 0.717) is 28.8 Å². The van der Waals surface area contributed by atoms with Crippen molar-refractivity contribution in [2.75, 3.05) is 10.6 Å². The Morgan fingerprint density at radius 3 is 2.36 bits per heavy atom. The molecular formula is C29H36F2N6O2. The highest BCUT2D eigenvalue weighted by molar-refractivity contribution is 5.83. The molecule has 39 heavy (non-hydrogen) atoms. The Bertz CT molecular complexity index is 1320. The number of hydrogen-bond donors (Lipinski definition) is 3. The number of aliphatic hydroxyl groups excluding tert-OH is 1. The molecule has 0 unspecified atom stereocenters. The van der Waals surface area contributed by atoms with Crippen LogP contribution < -0.4 is 10.6 Å². The number of rotatable bonds is 7. The maximum Gasteiger partial charge on any atom is 0.224 e. The highest BCUT2D eigenvalue weighted by Crippen LogP contribution is 2.40. The Hall–Kier alpha value is -3.14. The van der Waals surface area contributed by atoms with Gasteiger partial charge in [0.2, 0.25) is 11.9 Å². The van der Waals surface area contributed by atoms with Crippen LogP contribution >= 0.6 is 0 Å². The minimum atomic E-state index is -0.701. The van der Waals surface area contributed by atoms with E-state index in [0.717, 1.165) is 83.1 Å². The Balaban J connectivity index is 1.28. The third-order valence-corrected chi connectivity index (χ3v) is 8.86. The predicted molar refractivity (Wildman–Crippen MR) is 145 cm³/mol. The number of anilines is 3. The second-order valence-electron chi connectivity index (χ2n) is 11.5. The first-order valence-corrected chi connectivity index (χ1v) is 14.4. The number of nitrogens with one attached hydrogen (secondary N) is 2. The van der Waals surface area contributed by atoms with Crippen LogP contribution in [0.3, 0.4) is 0 Å². The molecule has 10 heteroatoms. The lowest BCUT2D eigenvalue weighted by Crippen LogP contribution is -2.29. The first kappa shape index (κ1) is 26.1. The van der Waals surface area contributed by atoms with Crippen molar-refractivity contribution in [3.63, 3.8) is 0 Å². The molecule has 3 N–H and O–H groups in total. The molecule has 1 aromatic carbocycles. The molecule has 2 aromatic heterocycles. The van der Waals surface area contributed by atoms with Crippen LogP contribution in [-0.4, -0.2) is 42.6 Å². The number of aliphatic hydroxyl groups is 1. The third-order valence-electron chi connectivity index (χ3n) is 8.86. The van der Waals surface area contributed by atoms with Crippen LogP contribution in [0.2, 0.25) is 0 Å². The van der Waals surface area contributed by atoms with Crippen molar-refractivity contribution in [2.24, 2.45) is 11.8 Å².